The molecular formula is C24H20O3. The van der Waals surface area contributed by atoms with E-state index in [0.29, 0.717) is 6.61 Å². The summed E-state index contributed by atoms with van der Waals surface area (Å²) in [5.41, 5.74) is 4.12. The third-order valence-electron chi connectivity index (χ3n) is 4.40. The molecule has 0 amide bonds. The first-order valence-electron chi connectivity index (χ1n) is 8.83. The van der Waals surface area contributed by atoms with E-state index in [1.807, 2.05) is 66.7 Å². The fourth-order valence-electron chi connectivity index (χ4n) is 2.98. The highest BCUT2D eigenvalue weighted by Crippen LogP contribution is 2.33. The van der Waals surface area contributed by atoms with Crippen LogP contribution in [0.2, 0.25) is 0 Å². The van der Waals surface area contributed by atoms with E-state index in [1.54, 1.807) is 13.4 Å². The molecule has 3 nitrogen and oxygen atoms in total. The molecule has 3 heteroatoms. The zero-order valence-electron chi connectivity index (χ0n) is 15.1. The highest BCUT2D eigenvalue weighted by atomic mass is 16.5. The van der Waals surface area contributed by atoms with Crippen molar-refractivity contribution >= 4 is 17.0 Å². The lowest BCUT2D eigenvalue weighted by molar-refractivity contribution is 0.364. The molecule has 1 aromatic heterocycles. The number of fused-ring (bicyclic) bond motifs is 1. The maximum absolute atomic E-state index is 5.88. The first-order chi connectivity index (χ1) is 13.3. The summed E-state index contributed by atoms with van der Waals surface area (Å²) in [6.45, 7) is 0.510. The minimum atomic E-state index is 0.510. The topological polar surface area (TPSA) is 31.6 Å². The van der Waals surface area contributed by atoms with E-state index in [0.717, 1.165) is 39.2 Å². The van der Waals surface area contributed by atoms with Crippen molar-refractivity contribution in [2.45, 2.75) is 0 Å². The van der Waals surface area contributed by atoms with Crippen molar-refractivity contribution in [1.29, 1.82) is 0 Å². The quantitative estimate of drug-likeness (QED) is 0.412. The van der Waals surface area contributed by atoms with Crippen LogP contribution in [-0.2, 0) is 0 Å². The predicted octanol–water partition coefficient (Wildman–Crippen LogP) is 6.20. The van der Waals surface area contributed by atoms with Crippen molar-refractivity contribution in [2.24, 2.45) is 0 Å². The third-order valence-corrected chi connectivity index (χ3v) is 4.40. The van der Waals surface area contributed by atoms with Crippen LogP contribution in [0.3, 0.4) is 0 Å². The predicted molar refractivity (Wildman–Crippen MR) is 109 cm³/mol. The van der Waals surface area contributed by atoms with Crippen LogP contribution in [0.4, 0.5) is 0 Å². The van der Waals surface area contributed by atoms with Gasteiger partial charge >= 0.3 is 0 Å². The molecule has 0 saturated carbocycles. The molecule has 0 aliphatic rings. The van der Waals surface area contributed by atoms with Crippen molar-refractivity contribution < 1.29 is 13.9 Å². The summed E-state index contributed by atoms with van der Waals surface area (Å²) >= 11 is 0. The lowest BCUT2D eigenvalue weighted by Gasteiger charge is -2.05. The van der Waals surface area contributed by atoms with Crippen LogP contribution in [0.25, 0.3) is 28.2 Å². The Labute approximate surface area is 158 Å². The molecule has 4 aromatic rings. The molecule has 134 valence electrons. The average molecular weight is 356 g/mol. The minimum Gasteiger partial charge on any atom is -0.497 e. The van der Waals surface area contributed by atoms with Crippen molar-refractivity contribution in [2.75, 3.05) is 13.7 Å². The van der Waals surface area contributed by atoms with Crippen molar-refractivity contribution in [3.8, 4) is 22.6 Å². The van der Waals surface area contributed by atoms with Crippen LogP contribution in [0, 0.1) is 0 Å². The van der Waals surface area contributed by atoms with E-state index in [4.69, 9.17) is 13.9 Å². The Morgan fingerprint density at radius 1 is 0.889 bits per heavy atom. The Hall–Kier alpha value is -3.46. The Kier molecular flexibility index (Phi) is 4.93. The van der Waals surface area contributed by atoms with Gasteiger partial charge in [-0.3, -0.25) is 0 Å². The summed E-state index contributed by atoms with van der Waals surface area (Å²) in [6, 6.07) is 24.0. The van der Waals surface area contributed by atoms with Crippen LogP contribution in [-0.4, -0.2) is 13.7 Å². The molecule has 0 saturated heterocycles. The lowest BCUT2D eigenvalue weighted by atomic mass is 10.0. The summed E-state index contributed by atoms with van der Waals surface area (Å²) in [5.74, 6) is 1.65. The molecule has 0 fully saturated rings. The van der Waals surface area contributed by atoms with E-state index in [1.165, 1.54) is 0 Å². The molecule has 3 aromatic carbocycles. The number of ether oxygens (including phenoxy) is 2. The Balaban J connectivity index is 1.52. The Bertz CT molecular complexity index is 1040. The highest BCUT2D eigenvalue weighted by Gasteiger charge is 2.09. The van der Waals surface area contributed by atoms with E-state index in [2.05, 4.69) is 18.2 Å². The first-order valence-corrected chi connectivity index (χ1v) is 8.83. The minimum absolute atomic E-state index is 0.510. The maximum atomic E-state index is 5.88. The van der Waals surface area contributed by atoms with E-state index < -0.39 is 0 Å². The van der Waals surface area contributed by atoms with Gasteiger partial charge in [-0.15, -0.1) is 0 Å². The first kappa shape index (κ1) is 17.0. The van der Waals surface area contributed by atoms with Crippen molar-refractivity contribution in [3.05, 3.63) is 90.7 Å². The van der Waals surface area contributed by atoms with Gasteiger partial charge in [-0.2, -0.15) is 0 Å². The van der Waals surface area contributed by atoms with E-state index in [-0.39, 0.29) is 0 Å². The molecule has 0 bridgehead atoms. The Morgan fingerprint density at radius 3 is 2.44 bits per heavy atom. The molecule has 0 spiro atoms. The molecule has 0 unspecified atom stereocenters. The number of methoxy groups -OCH3 is 1. The van der Waals surface area contributed by atoms with Gasteiger partial charge in [-0.1, -0.05) is 48.5 Å². The standard InChI is InChI=1S/C24H20O3/c1-25-20-11-9-19(10-12-20)23-17-27-24-14-13-21(16-22(23)24)26-15-5-8-18-6-3-2-4-7-18/h2-14,16-17H,15H2,1H3. The highest BCUT2D eigenvalue weighted by molar-refractivity contribution is 5.94. The number of hydrogen-bond acceptors (Lipinski definition) is 3. The third kappa shape index (κ3) is 3.87. The lowest BCUT2D eigenvalue weighted by Crippen LogP contribution is -1.92. The normalized spacial score (nSPS) is 11.1. The van der Waals surface area contributed by atoms with Crippen molar-refractivity contribution in [1.82, 2.24) is 0 Å². The monoisotopic (exact) mass is 356 g/mol. The van der Waals surface area contributed by atoms with E-state index in [9.17, 15) is 0 Å². The fourth-order valence-corrected chi connectivity index (χ4v) is 2.98. The average Bonchev–Trinajstić information content (AvgIpc) is 3.15. The van der Waals surface area contributed by atoms with Gasteiger partial charge in [0.1, 0.15) is 23.7 Å². The molecule has 27 heavy (non-hydrogen) atoms. The molecular weight excluding hydrogens is 336 g/mol. The maximum Gasteiger partial charge on any atom is 0.134 e. The SMILES string of the molecule is COc1ccc(-c2coc3ccc(OCC=Cc4ccccc4)cc23)cc1. The Morgan fingerprint density at radius 2 is 1.67 bits per heavy atom. The van der Waals surface area contributed by atoms with Crippen LogP contribution in [0.5, 0.6) is 11.5 Å². The van der Waals surface area contributed by atoms with Gasteiger partial charge in [0.25, 0.3) is 0 Å². The second-order valence-electron chi connectivity index (χ2n) is 6.16. The summed E-state index contributed by atoms with van der Waals surface area (Å²) < 4.78 is 16.8. The van der Waals surface area contributed by atoms with Gasteiger partial charge < -0.3 is 13.9 Å². The molecule has 0 radical (unpaired) electrons. The van der Waals surface area contributed by atoms with Gasteiger partial charge in [0.15, 0.2) is 0 Å². The number of benzene rings is 3. The van der Waals surface area contributed by atoms with Crippen LogP contribution >= 0.6 is 0 Å². The van der Waals surface area contributed by atoms with Gasteiger partial charge in [0, 0.05) is 10.9 Å². The largest absolute Gasteiger partial charge is 0.497 e. The van der Waals surface area contributed by atoms with Crippen LogP contribution < -0.4 is 9.47 Å². The van der Waals surface area contributed by atoms with Crippen molar-refractivity contribution in [3.63, 3.8) is 0 Å². The molecule has 0 N–H and O–H groups in total. The van der Waals surface area contributed by atoms with Crippen LogP contribution in [0.15, 0.2) is 89.6 Å². The second-order valence-corrected chi connectivity index (χ2v) is 6.16. The molecule has 1 heterocycles. The number of hydrogen-bond donors (Lipinski definition) is 0. The summed E-state index contributed by atoms with van der Waals surface area (Å²) in [7, 11) is 1.66. The summed E-state index contributed by atoms with van der Waals surface area (Å²) in [5, 5.41) is 1.03. The summed E-state index contributed by atoms with van der Waals surface area (Å²) in [6.07, 6.45) is 5.85. The molecule has 0 aliphatic carbocycles. The number of rotatable bonds is 6. The van der Waals surface area contributed by atoms with Gasteiger partial charge in [-0.05, 0) is 47.5 Å². The van der Waals surface area contributed by atoms with Gasteiger partial charge in [0.05, 0.1) is 13.4 Å². The smallest absolute Gasteiger partial charge is 0.134 e. The molecule has 4 rings (SSSR count). The number of furan rings is 1. The molecule has 0 aliphatic heterocycles. The van der Waals surface area contributed by atoms with Gasteiger partial charge in [-0.25, -0.2) is 0 Å². The fraction of sp³-hybridized carbons (Fsp3) is 0.0833. The summed E-state index contributed by atoms with van der Waals surface area (Å²) in [4.78, 5) is 0. The second kappa shape index (κ2) is 7.83. The zero-order valence-corrected chi connectivity index (χ0v) is 15.1. The van der Waals surface area contributed by atoms with E-state index >= 15 is 0 Å². The van der Waals surface area contributed by atoms with Crippen LogP contribution in [0.1, 0.15) is 5.56 Å². The zero-order chi connectivity index (χ0) is 18.5. The molecule has 0 atom stereocenters. The van der Waals surface area contributed by atoms with Gasteiger partial charge in [0.2, 0.25) is 0 Å².